The van der Waals surface area contributed by atoms with Gasteiger partial charge in [-0.25, -0.2) is 9.97 Å². The Morgan fingerprint density at radius 2 is 2.29 bits per heavy atom. The SMILES string of the molecule is CCn1cc(O[C@@H]2CCC[C@@H]2NC(=O)c2nc(C)ncc2Cl)cn1. The van der Waals surface area contributed by atoms with E-state index in [0.717, 1.165) is 31.6 Å². The summed E-state index contributed by atoms with van der Waals surface area (Å²) in [4.78, 5) is 20.6. The highest BCUT2D eigenvalue weighted by Gasteiger charge is 2.31. The fraction of sp³-hybridized carbons (Fsp3) is 0.500. The average molecular weight is 350 g/mol. The van der Waals surface area contributed by atoms with E-state index in [1.54, 1.807) is 17.8 Å². The van der Waals surface area contributed by atoms with Gasteiger partial charge in [0, 0.05) is 6.54 Å². The number of halogens is 1. The summed E-state index contributed by atoms with van der Waals surface area (Å²) in [7, 11) is 0. The summed E-state index contributed by atoms with van der Waals surface area (Å²) in [6.45, 7) is 4.53. The number of hydrogen-bond donors (Lipinski definition) is 1. The van der Waals surface area contributed by atoms with Gasteiger partial charge in [-0.15, -0.1) is 0 Å². The monoisotopic (exact) mass is 349 g/mol. The normalized spacial score (nSPS) is 20.1. The minimum absolute atomic E-state index is 0.0752. The molecule has 2 aromatic rings. The van der Waals surface area contributed by atoms with Crippen molar-refractivity contribution in [1.82, 2.24) is 25.1 Å². The molecule has 2 atom stereocenters. The average Bonchev–Trinajstić information content (AvgIpc) is 3.20. The fourth-order valence-corrected chi connectivity index (χ4v) is 3.01. The molecule has 1 N–H and O–H groups in total. The molecule has 1 aliphatic rings. The van der Waals surface area contributed by atoms with Crippen molar-refractivity contribution in [2.75, 3.05) is 0 Å². The van der Waals surface area contributed by atoms with Crippen molar-refractivity contribution < 1.29 is 9.53 Å². The number of aryl methyl sites for hydroxylation is 2. The molecule has 0 aromatic carbocycles. The predicted molar refractivity (Wildman–Crippen MR) is 89.2 cm³/mol. The molecule has 1 fully saturated rings. The minimum Gasteiger partial charge on any atom is -0.485 e. The van der Waals surface area contributed by atoms with Crippen molar-refractivity contribution in [3.05, 3.63) is 35.1 Å². The van der Waals surface area contributed by atoms with Crippen molar-refractivity contribution in [3.8, 4) is 5.75 Å². The summed E-state index contributed by atoms with van der Waals surface area (Å²) in [5.74, 6) is 0.935. The molecule has 2 heterocycles. The van der Waals surface area contributed by atoms with E-state index in [-0.39, 0.29) is 28.8 Å². The molecule has 0 saturated heterocycles. The Labute approximate surface area is 145 Å². The van der Waals surface area contributed by atoms with E-state index in [4.69, 9.17) is 16.3 Å². The molecule has 0 unspecified atom stereocenters. The maximum atomic E-state index is 12.5. The van der Waals surface area contributed by atoms with Gasteiger partial charge in [0.1, 0.15) is 17.6 Å². The first-order valence-corrected chi connectivity index (χ1v) is 8.43. The van der Waals surface area contributed by atoms with E-state index in [2.05, 4.69) is 20.4 Å². The second-order valence-electron chi connectivity index (χ2n) is 5.81. The predicted octanol–water partition coefficient (Wildman–Crippen LogP) is 2.38. The number of hydrogen-bond acceptors (Lipinski definition) is 5. The Bertz CT molecular complexity index is 733. The summed E-state index contributed by atoms with van der Waals surface area (Å²) in [6.07, 6.45) is 7.67. The van der Waals surface area contributed by atoms with Crippen LogP contribution < -0.4 is 10.1 Å². The molecule has 24 heavy (non-hydrogen) atoms. The highest BCUT2D eigenvalue weighted by molar-refractivity contribution is 6.33. The zero-order valence-corrected chi connectivity index (χ0v) is 14.5. The van der Waals surface area contributed by atoms with E-state index in [1.807, 2.05) is 13.1 Å². The summed E-state index contributed by atoms with van der Waals surface area (Å²) in [6, 6.07) is -0.0752. The van der Waals surface area contributed by atoms with Gasteiger partial charge in [-0.3, -0.25) is 9.48 Å². The van der Waals surface area contributed by atoms with Gasteiger partial charge in [0.15, 0.2) is 5.75 Å². The second-order valence-corrected chi connectivity index (χ2v) is 6.22. The quantitative estimate of drug-likeness (QED) is 0.896. The van der Waals surface area contributed by atoms with Crippen LogP contribution in [0.3, 0.4) is 0 Å². The fourth-order valence-electron chi connectivity index (χ4n) is 2.84. The molecular weight excluding hydrogens is 330 g/mol. The molecule has 2 aromatic heterocycles. The number of rotatable bonds is 5. The van der Waals surface area contributed by atoms with Crippen molar-refractivity contribution in [1.29, 1.82) is 0 Å². The highest BCUT2D eigenvalue weighted by atomic mass is 35.5. The van der Waals surface area contributed by atoms with Crippen LogP contribution >= 0.6 is 11.6 Å². The lowest BCUT2D eigenvalue weighted by atomic mass is 10.2. The molecule has 3 rings (SSSR count). The van der Waals surface area contributed by atoms with E-state index >= 15 is 0 Å². The Morgan fingerprint density at radius 3 is 3.04 bits per heavy atom. The number of carbonyl (C=O) groups is 1. The second kappa shape index (κ2) is 7.17. The lowest BCUT2D eigenvalue weighted by molar-refractivity contribution is 0.0888. The number of amides is 1. The van der Waals surface area contributed by atoms with Crippen molar-refractivity contribution in [2.45, 2.75) is 51.8 Å². The molecule has 7 nitrogen and oxygen atoms in total. The van der Waals surface area contributed by atoms with Gasteiger partial charge < -0.3 is 10.1 Å². The third-order valence-corrected chi connectivity index (χ3v) is 4.35. The lowest BCUT2D eigenvalue weighted by Crippen LogP contribution is -2.42. The van der Waals surface area contributed by atoms with Gasteiger partial charge in [0.05, 0.1) is 29.7 Å². The van der Waals surface area contributed by atoms with Gasteiger partial charge in [-0.05, 0) is 33.1 Å². The van der Waals surface area contributed by atoms with E-state index in [9.17, 15) is 4.79 Å². The third kappa shape index (κ3) is 3.67. The molecule has 1 aliphatic carbocycles. The minimum atomic E-state index is -0.296. The highest BCUT2D eigenvalue weighted by Crippen LogP contribution is 2.25. The van der Waals surface area contributed by atoms with Crippen molar-refractivity contribution >= 4 is 17.5 Å². The molecule has 0 radical (unpaired) electrons. The van der Waals surface area contributed by atoms with Crippen molar-refractivity contribution in [2.24, 2.45) is 0 Å². The third-order valence-electron chi connectivity index (χ3n) is 4.07. The van der Waals surface area contributed by atoms with Gasteiger partial charge in [0.2, 0.25) is 0 Å². The molecule has 0 spiro atoms. The van der Waals surface area contributed by atoms with Crippen LogP contribution in [-0.2, 0) is 6.54 Å². The van der Waals surface area contributed by atoms with Crippen LogP contribution in [0.4, 0.5) is 0 Å². The Balaban J connectivity index is 1.67. The summed E-state index contributed by atoms with van der Waals surface area (Å²) in [5.41, 5.74) is 0.202. The largest absolute Gasteiger partial charge is 0.485 e. The number of nitrogens with one attached hydrogen (secondary N) is 1. The van der Waals surface area contributed by atoms with E-state index in [1.165, 1.54) is 6.20 Å². The first kappa shape index (κ1) is 16.7. The Morgan fingerprint density at radius 1 is 1.46 bits per heavy atom. The first-order chi connectivity index (χ1) is 11.6. The Hall–Kier alpha value is -2.15. The molecular formula is C16H20ClN5O2. The number of ether oxygens (including phenoxy) is 1. The van der Waals surface area contributed by atoms with Crippen LogP contribution in [0.25, 0.3) is 0 Å². The van der Waals surface area contributed by atoms with Crippen LogP contribution in [0.5, 0.6) is 5.75 Å². The van der Waals surface area contributed by atoms with Crippen LogP contribution in [0.2, 0.25) is 5.02 Å². The molecule has 0 aliphatic heterocycles. The zero-order valence-electron chi connectivity index (χ0n) is 13.7. The number of nitrogens with zero attached hydrogens (tertiary/aromatic N) is 4. The molecule has 0 bridgehead atoms. The van der Waals surface area contributed by atoms with Crippen LogP contribution in [0.1, 0.15) is 42.5 Å². The Kier molecular flexibility index (Phi) is 4.99. The molecule has 1 saturated carbocycles. The van der Waals surface area contributed by atoms with E-state index < -0.39 is 0 Å². The zero-order chi connectivity index (χ0) is 17.1. The smallest absolute Gasteiger partial charge is 0.271 e. The van der Waals surface area contributed by atoms with Crippen LogP contribution in [-0.4, -0.2) is 37.8 Å². The van der Waals surface area contributed by atoms with Gasteiger partial charge in [-0.2, -0.15) is 5.10 Å². The molecule has 128 valence electrons. The summed E-state index contributed by atoms with van der Waals surface area (Å²) >= 11 is 6.03. The molecule has 8 heteroatoms. The maximum Gasteiger partial charge on any atom is 0.271 e. The van der Waals surface area contributed by atoms with Gasteiger partial charge in [-0.1, -0.05) is 11.6 Å². The first-order valence-electron chi connectivity index (χ1n) is 8.06. The van der Waals surface area contributed by atoms with Gasteiger partial charge >= 0.3 is 0 Å². The maximum absolute atomic E-state index is 12.5. The molecule has 1 amide bonds. The van der Waals surface area contributed by atoms with Crippen LogP contribution in [0.15, 0.2) is 18.6 Å². The topological polar surface area (TPSA) is 81.9 Å². The van der Waals surface area contributed by atoms with E-state index in [0.29, 0.717) is 5.82 Å². The van der Waals surface area contributed by atoms with Gasteiger partial charge in [0.25, 0.3) is 5.91 Å². The number of carbonyl (C=O) groups excluding carboxylic acids is 1. The lowest BCUT2D eigenvalue weighted by Gasteiger charge is -2.21. The summed E-state index contributed by atoms with van der Waals surface area (Å²) in [5, 5.41) is 7.44. The summed E-state index contributed by atoms with van der Waals surface area (Å²) < 4.78 is 7.80. The van der Waals surface area contributed by atoms with Crippen LogP contribution in [0, 0.1) is 6.92 Å². The number of aromatic nitrogens is 4. The standard InChI is InChI=1S/C16H20ClN5O2/c1-3-22-9-11(7-19-22)24-14-6-4-5-13(14)21-16(23)15-12(17)8-18-10(2)20-15/h7-9,13-14H,3-6H2,1-2H3,(H,21,23)/t13-,14+/m0/s1. The van der Waals surface area contributed by atoms with Crippen molar-refractivity contribution in [3.63, 3.8) is 0 Å².